The van der Waals surface area contributed by atoms with E-state index in [9.17, 15) is 5.26 Å². The van der Waals surface area contributed by atoms with Crippen molar-refractivity contribution in [2.45, 2.75) is 13.5 Å². The van der Waals surface area contributed by atoms with Gasteiger partial charge in [0, 0.05) is 10.9 Å². The molecule has 0 atom stereocenters. The van der Waals surface area contributed by atoms with Crippen molar-refractivity contribution in [3.8, 4) is 22.3 Å². The number of aryl methyl sites for hydroxylation is 1. The molecule has 24 heavy (non-hydrogen) atoms. The van der Waals surface area contributed by atoms with Crippen molar-refractivity contribution >= 4 is 34.5 Å². The van der Waals surface area contributed by atoms with Gasteiger partial charge >= 0.3 is 0 Å². The van der Waals surface area contributed by atoms with E-state index in [1.165, 1.54) is 16.9 Å². The van der Waals surface area contributed by atoms with Crippen molar-refractivity contribution in [3.05, 3.63) is 74.6 Å². The molecule has 3 aromatic rings. The normalized spacial score (nSPS) is 10.4. The molecule has 0 spiro atoms. The number of benzene rings is 2. The van der Waals surface area contributed by atoms with E-state index >= 15 is 0 Å². The van der Waals surface area contributed by atoms with Crippen LogP contribution in [0.3, 0.4) is 0 Å². The molecule has 0 N–H and O–H groups in total. The molecule has 0 radical (unpaired) electrons. The summed E-state index contributed by atoms with van der Waals surface area (Å²) < 4.78 is 5.85. The Morgan fingerprint density at radius 3 is 2.50 bits per heavy atom. The minimum Gasteiger partial charge on any atom is -0.478 e. The molecule has 5 heteroatoms. The molecule has 0 aliphatic rings. The number of thiophene rings is 1. The van der Waals surface area contributed by atoms with Gasteiger partial charge in [0.15, 0.2) is 5.06 Å². The second kappa shape index (κ2) is 7.27. The zero-order chi connectivity index (χ0) is 17.1. The van der Waals surface area contributed by atoms with Crippen molar-refractivity contribution in [2.75, 3.05) is 0 Å². The van der Waals surface area contributed by atoms with Crippen LogP contribution in [0, 0.1) is 18.3 Å². The van der Waals surface area contributed by atoms with Crippen molar-refractivity contribution in [3.63, 3.8) is 0 Å². The summed E-state index contributed by atoms with van der Waals surface area (Å²) in [7, 11) is 0. The molecule has 0 saturated heterocycles. The third-order valence-corrected chi connectivity index (χ3v) is 5.22. The minimum absolute atomic E-state index is 0.427. The average molecular weight is 374 g/mol. The molecule has 0 saturated carbocycles. The summed E-state index contributed by atoms with van der Waals surface area (Å²) in [4.78, 5) is 0. The zero-order valence-corrected chi connectivity index (χ0v) is 15.2. The van der Waals surface area contributed by atoms with Crippen LogP contribution in [0.15, 0.2) is 47.8 Å². The highest BCUT2D eigenvalue weighted by molar-refractivity contribution is 7.12. The van der Waals surface area contributed by atoms with Crippen LogP contribution in [-0.2, 0) is 6.61 Å². The number of hydrogen-bond donors (Lipinski definition) is 0. The average Bonchev–Trinajstić information content (AvgIpc) is 3.00. The van der Waals surface area contributed by atoms with Gasteiger partial charge in [-0.2, -0.15) is 5.26 Å². The number of ether oxygens (including phenoxy) is 1. The van der Waals surface area contributed by atoms with Crippen molar-refractivity contribution in [2.24, 2.45) is 0 Å². The smallest absolute Gasteiger partial charge is 0.192 e. The van der Waals surface area contributed by atoms with Crippen LogP contribution in [0.4, 0.5) is 0 Å². The Labute approximate surface area is 154 Å². The highest BCUT2D eigenvalue weighted by Crippen LogP contribution is 2.38. The van der Waals surface area contributed by atoms with Gasteiger partial charge in [-0.1, -0.05) is 59.1 Å². The standard InChI is InChI=1S/C19H13Cl2NOS/c1-12-2-4-13(5-3-12)10-23-19-15(9-22)16(11-24-19)14-6-7-17(20)18(21)8-14/h2-8,11H,10H2,1H3. The Kier molecular flexibility index (Phi) is 5.11. The first kappa shape index (κ1) is 16.9. The molecule has 1 heterocycles. The number of halogens is 2. The Bertz CT molecular complexity index is 910. The Morgan fingerprint density at radius 1 is 1.08 bits per heavy atom. The molecule has 120 valence electrons. The van der Waals surface area contributed by atoms with E-state index < -0.39 is 0 Å². The van der Waals surface area contributed by atoms with Gasteiger partial charge in [-0.15, -0.1) is 11.3 Å². The summed E-state index contributed by atoms with van der Waals surface area (Å²) >= 11 is 13.4. The number of hydrogen-bond acceptors (Lipinski definition) is 3. The summed E-state index contributed by atoms with van der Waals surface area (Å²) in [6, 6.07) is 15.7. The first-order chi connectivity index (χ1) is 11.6. The summed E-state index contributed by atoms with van der Waals surface area (Å²) in [6.07, 6.45) is 0. The second-order valence-electron chi connectivity index (χ2n) is 5.33. The molecule has 2 nitrogen and oxygen atoms in total. The maximum atomic E-state index is 9.52. The maximum absolute atomic E-state index is 9.52. The molecule has 3 rings (SSSR count). The topological polar surface area (TPSA) is 33.0 Å². The molecule has 0 amide bonds. The molecule has 0 bridgehead atoms. The summed E-state index contributed by atoms with van der Waals surface area (Å²) in [5.41, 5.74) is 4.44. The summed E-state index contributed by atoms with van der Waals surface area (Å²) in [6.45, 7) is 2.47. The van der Waals surface area contributed by atoms with E-state index in [1.807, 2.05) is 42.6 Å². The molecular formula is C19H13Cl2NOS. The van der Waals surface area contributed by atoms with E-state index in [0.29, 0.717) is 27.3 Å². The van der Waals surface area contributed by atoms with Gasteiger partial charge in [0.25, 0.3) is 0 Å². The molecule has 0 aliphatic carbocycles. The Morgan fingerprint density at radius 2 is 1.83 bits per heavy atom. The Hall–Kier alpha value is -1.99. The molecule has 0 aliphatic heterocycles. The lowest BCUT2D eigenvalue weighted by Crippen LogP contribution is -1.95. The predicted molar refractivity (Wildman–Crippen MR) is 100 cm³/mol. The van der Waals surface area contributed by atoms with Gasteiger partial charge in [0.1, 0.15) is 18.2 Å². The minimum atomic E-state index is 0.427. The monoisotopic (exact) mass is 373 g/mol. The van der Waals surface area contributed by atoms with Crippen molar-refractivity contribution < 1.29 is 4.74 Å². The van der Waals surface area contributed by atoms with Crippen LogP contribution >= 0.6 is 34.5 Å². The zero-order valence-electron chi connectivity index (χ0n) is 12.8. The van der Waals surface area contributed by atoms with Crippen LogP contribution in [0.2, 0.25) is 10.0 Å². The first-order valence-corrected chi connectivity index (χ1v) is 8.87. The first-order valence-electron chi connectivity index (χ1n) is 7.24. The maximum Gasteiger partial charge on any atom is 0.192 e. The lowest BCUT2D eigenvalue weighted by molar-refractivity contribution is 0.315. The highest BCUT2D eigenvalue weighted by atomic mass is 35.5. The van der Waals surface area contributed by atoms with Gasteiger partial charge in [0.05, 0.1) is 10.0 Å². The lowest BCUT2D eigenvalue weighted by atomic mass is 10.1. The van der Waals surface area contributed by atoms with Gasteiger partial charge in [-0.25, -0.2) is 0 Å². The quantitative estimate of drug-likeness (QED) is 0.524. The SMILES string of the molecule is Cc1ccc(COc2scc(-c3ccc(Cl)c(Cl)c3)c2C#N)cc1. The van der Waals surface area contributed by atoms with Crippen molar-refractivity contribution in [1.29, 1.82) is 5.26 Å². The largest absolute Gasteiger partial charge is 0.478 e. The third kappa shape index (κ3) is 3.57. The molecular weight excluding hydrogens is 361 g/mol. The van der Waals surface area contributed by atoms with Crippen LogP contribution < -0.4 is 4.74 Å². The molecule has 2 aromatic carbocycles. The van der Waals surface area contributed by atoms with E-state index in [1.54, 1.807) is 12.1 Å². The van der Waals surface area contributed by atoms with Crippen LogP contribution in [0.5, 0.6) is 5.06 Å². The second-order valence-corrected chi connectivity index (χ2v) is 6.98. The van der Waals surface area contributed by atoms with Gasteiger partial charge < -0.3 is 4.74 Å². The van der Waals surface area contributed by atoms with Gasteiger partial charge in [0.2, 0.25) is 0 Å². The van der Waals surface area contributed by atoms with Crippen LogP contribution in [0.25, 0.3) is 11.1 Å². The number of rotatable bonds is 4. The Balaban J connectivity index is 1.85. The fraction of sp³-hybridized carbons (Fsp3) is 0.105. The predicted octanol–water partition coefficient (Wildman–Crippen LogP) is 6.48. The fourth-order valence-corrected chi connectivity index (χ4v) is 3.44. The summed E-state index contributed by atoms with van der Waals surface area (Å²) in [5.74, 6) is 0. The lowest BCUT2D eigenvalue weighted by Gasteiger charge is -2.06. The van der Waals surface area contributed by atoms with E-state index in [4.69, 9.17) is 27.9 Å². The van der Waals surface area contributed by atoms with E-state index in [0.717, 1.165) is 16.7 Å². The third-order valence-electron chi connectivity index (χ3n) is 3.59. The highest BCUT2D eigenvalue weighted by Gasteiger charge is 2.15. The molecule has 0 fully saturated rings. The fourth-order valence-electron chi connectivity index (χ4n) is 2.26. The van der Waals surface area contributed by atoms with Crippen LogP contribution in [0.1, 0.15) is 16.7 Å². The summed E-state index contributed by atoms with van der Waals surface area (Å²) in [5, 5.41) is 13.0. The van der Waals surface area contributed by atoms with Gasteiger partial charge in [-0.05, 0) is 30.2 Å². The van der Waals surface area contributed by atoms with Gasteiger partial charge in [-0.3, -0.25) is 0 Å². The van der Waals surface area contributed by atoms with Crippen LogP contribution in [-0.4, -0.2) is 0 Å². The molecule has 0 unspecified atom stereocenters. The van der Waals surface area contributed by atoms with Crippen molar-refractivity contribution in [1.82, 2.24) is 0 Å². The molecule has 1 aromatic heterocycles. The number of nitriles is 1. The number of nitrogens with zero attached hydrogens (tertiary/aromatic N) is 1. The van der Waals surface area contributed by atoms with E-state index in [2.05, 4.69) is 6.07 Å². The van der Waals surface area contributed by atoms with E-state index in [-0.39, 0.29) is 0 Å².